The van der Waals surface area contributed by atoms with E-state index >= 15 is 0 Å². The highest BCUT2D eigenvalue weighted by Crippen LogP contribution is 2.36. The summed E-state index contributed by atoms with van der Waals surface area (Å²) >= 11 is 0. The van der Waals surface area contributed by atoms with Crippen LogP contribution in [0.3, 0.4) is 0 Å². The lowest BCUT2D eigenvalue weighted by Gasteiger charge is -2.06. The van der Waals surface area contributed by atoms with E-state index in [0.29, 0.717) is 27.5 Å². The molecule has 0 saturated heterocycles. The molecule has 0 aliphatic rings. The summed E-state index contributed by atoms with van der Waals surface area (Å²) in [5, 5.41) is 0.858. The molecule has 0 atom stereocenters. The Kier molecular flexibility index (Phi) is 3.75. The molecule has 1 aromatic heterocycles. The highest BCUT2D eigenvalue weighted by atomic mass is 19.4. The van der Waals surface area contributed by atoms with E-state index in [4.69, 9.17) is 9.15 Å². The monoisotopic (exact) mass is 322 g/mol. The van der Waals surface area contributed by atoms with E-state index in [-0.39, 0.29) is 13.0 Å². The molecule has 0 fully saturated rings. The minimum Gasteiger partial charge on any atom is -0.466 e. The predicted octanol–water partition coefficient (Wildman–Crippen LogP) is 4.71. The van der Waals surface area contributed by atoms with Crippen LogP contribution in [0.2, 0.25) is 0 Å². The van der Waals surface area contributed by atoms with Gasteiger partial charge in [-0.2, -0.15) is 13.2 Å². The van der Waals surface area contributed by atoms with Crippen LogP contribution in [0.1, 0.15) is 18.1 Å². The van der Waals surface area contributed by atoms with Crippen LogP contribution < -0.4 is 0 Å². The van der Waals surface area contributed by atoms with Crippen LogP contribution in [0.4, 0.5) is 13.2 Å². The Hall–Kier alpha value is -2.50. The summed E-state index contributed by atoms with van der Waals surface area (Å²) in [5.74, 6) is -0.429. The van der Waals surface area contributed by atoms with E-state index in [1.165, 1.54) is 6.07 Å². The summed E-state index contributed by atoms with van der Waals surface area (Å²) in [7, 11) is 0. The smallest absolute Gasteiger partial charge is 0.416 e. The second-order valence-electron chi connectivity index (χ2n) is 5.08. The van der Waals surface area contributed by atoms with Crippen molar-refractivity contribution in [1.82, 2.24) is 0 Å². The molecule has 1 heterocycles. The maximum Gasteiger partial charge on any atom is 0.416 e. The van der Waals surface area contributed by atoms with E-state index in [9.17, 15) is 18.0 Å². The van der Waals surface area contributed by atoms with Gasteiger partial charge in [0.15, 0.2) is 0 Å². The number of carbonyl (C=O) groups is 1. The quantitative estimate of drug-likeness (QED) is 0.656. The lowest BCUT2D eigenvalue weighted by molar-refractivity contribution is -0.142. The third-order valence-corrected chi connectivity index (χ3v) is 3.55. The topological polar surface area (TPSA) is 39.4 Å². The molecule has 3 nitrogen and oxygen atoms in total. The number of alkyl halides is 3. The summed E-state index contributed by atoms with van der Waals surface area (Å²) in [4.78, 5) is 11.7. The number of esters is 1. The highest BCUT2D eigenvalue weighted by Gasteiger charge is 2.31. The number of rotatable bonds is 3. The third-order valence-electron chi connectivity index (χ3n) is 3.55. The zero-order valence-corrected chi connectivity index (χ0v) is 12.2. The van der Waals surface area contributed by atoms with Crippen LogP contribution in [0, 0.1) is 0 Å². The average Bonchev–Trinajstić information content (AvgIpc) is 2.85. The van der Waals surface area contributed by atoms with Gasteiger partial charge in [-0.15, -0.1) is 0 Å². The van der Waals surface area contributed by atoms with Crippen molar-refractivity contribution in [3.8, 4) is 0 Å². The van der Waals surface area contributed by atoms with Gasteiger partial charge in [0.2, 0.25) is 0 Å². The number of benzene rings is 2. The average molecular weight is 322 g/mol. The highest BCUT2D eigenvalue weighted by molar-refractivity contribution is 6.07. The van der Waals surface area contributed by atoms with E-state index in [1.807, 2.05) is 0 Å². The van der Waals surface area contributed by atoms with Crippen molar-refractivity contribution in [1.29, 1.82) is 0 Å². The fourth-order valence-electron chi connectivity index (χ4n) is 2.59. The van der Waals surface area contributed by atoms with Crippen LogP contribution in [0.25, 0.3) is 21.9 Å². The van der Waals surface area contributed by atoms with Gasteiger partial charge in [-0.05, 0) is 36.8 Å². The summed E-state index contributed by atoms with van der Waals surface area (Å²) < 4.78 is 49.3. The van der Waals surface area contributed by atoms with Gasteiger partial charge in [-0.1, -0.05) is 12.1 Å². The van der Waals surface area contributed by atoms with E-state index < -0.39 is 17.7 Å². The largest absolute Gasteiger partial charge is 0.466 e. The number of ether oxygens (including phenoxy) is 1. The molecule has 0 spiro atoms. The van der Waals surface area contributed by atoms with Gasteiger partial charge in [0, 0.05) is 10.8 Å². The van der Waals surface area contributed by atoms with Crippen molar-refractivity contribution in [3.05, 3.63) is 47.5 Å². The molecular weight excluding hydrogens is 309 g/mol. The molecule has 0 aliphatic heterocycles. The molecule has 0 N–H and O–H groups in total. The van der Waals surface area contributed by atoms with Gasteiger partial charge in [0.1, 0.15) is 11.2 Å². The Morgan fingerprint density at radius 3 is 2.65 bits per heavy atom. The fourth-order valence-corrected chi connectivity index (χ4v) is 2.59. The second kappa shape index (κ2) is 5.61. The second-order valence-corrected chi connectivity index (χ2v) is 5.08. The lowest BCUT2D eigenvalue weighted by Crippen LogP contribution is -2.07. The minimum absolute atomic E-state index is 0.0178. The van der Waals surface area contributed by atoms with Gasteiger partial charge in [-0.3, -0.25) is 4.79 Å². The number of carbonyl (C=O) groups excluding carboxylic acids is 1. The van der Waals surface area contributed by atoms with Crippen molar-refractivity contribution >= 4 is 27.9 Å². The Morgan fingerprint density at radius 1 is 1.17 bits per heavy atom. The molecule has 0 bridgehead atoms. The molecular formula is C17H13F3O3. The molecule has 2 aromatic carbocycles. The Labute approximate surface area is 129 Å². The van der Waals surface area contributed by atoms with Crippen molar-refractivity contribution in [3.63, 3.8) is 0 Å². The standard InChI is InChI=1S/C17H13F3O3/c1-2-22-15(21)8-10-4-3-5-14-16(10)12-9-11(17(18,19)20)6-7-13(12)23-14/h3-7,9H,2,8H2,1H3. The SMILES string of the molecule is CCOC(=O)Cc1cccc2oc3ccc(C(F)(F)F)cc3c12. The van der Waals surface area contributed by atoms with E-state index in [0.717, 1.165) is 12.1 Å². The van der Waals surface area contributed by atoms with Crippen LogP contribution in [-0.4, -0.2) is 12.6 Å². The maximum absolute atomic E-state index is 12.9. The van der Waals surface area contributed by atoms with Crippen LogP contribution >= 0.6 is 0 Å². The molecule has 0 unspecified atom stereocenters. The number of furan rings is 1. The molecule has 6 heteroatoms. The van der Waals surface area contributed by atoms with Crippen molar-refractivity contribution in [2.75, 3.05) is 6.61 Å². The first kappa shape index (κ1) is 15.4. The number of halogens is 3. The zero-order valence-electron chi connectivity index (χ0n) is 12.2. The van der Waals surface area contributed by atoms with Gasteiger partial charge in [0.05, 0.1) is 18.6 Å². The molecule has 0 amide bonds. The van der Waals surface area contributed by atoms with Crippen LogP contribution in [-0.2, 0) is 22.1 Å². The Morgan fingerprint density at radius 2 is 1.96 bits per heavy atom. The van der Waals surface area contributed by atoms with E-state index in [2.05, 4.69) is 0 Å². The number of hydrogen-bond acceptors (Lipinski definition) is 3. The zero-order chi connectivity index (χ0) is 16.6. The molecule has 3 rings (SSSR count). The first-order chi connectivity index (χ1) is 10.9. The molecule has 0 saturated carbocycles. The number of hydrogen-bond donors (Lipinski definition) is 0. The molecule has 0 radical (unpaired) electrons. The fraction of sp³-hybridized carbons (Fsp3) is 0.235. The lowest BCUT2D eigenvalue weighted by atomic mass is 10.0. The Bertz CT molecular complexity index is 878. The first-order valence-electron chi connectivity index (χ1n) is 7.07. The van der Waals surface area contributed by atoms with Crippen molar-refractivity contribution in [2.45, 2.75) is 19.5 Å². The van der Waals surface area contributed by atoms with Gasteiger partial charge in [-0.25, -0.2) is 0 Å². The van der Waals surface area contributed by atoms with Gasteiger partial charge >= 0.3 is 12.1 Å². The molecule has 3 aromatic rings. The summed E-state index contributed by atoms with van der Waals surface area (Å²) in [5.41, 5.74) is 0.628. The van der Waals surface area contributed by atoms with Crippen molar-refractivity contribution in [2.24, 2.45) is 0 Å². The van der Waals surface area contributed by atoms with E-state index in [1.54, 1.807) is 25.1 Å². The maximum atomic E-state index is 12.9. The molecule has 0 aliphatic carbocycles. The third kappa shape index (κ3) is 2.88. The van der Waals surface area contributed by atoms with Gasteiger partial charge in [0.25, 0.3) is 0 Å². The Balaban J connectivity index is 2.19. The summed E-state index contributed by atoms with van der Waals surface area (Å²) in [6.07, 6.45) is -4.45. The van der Waals surface area contributed by atoms with Crippen LogP contribution in [0.5, 0.6) is 0 Å². The number of fused-ring (bicyclic) bond motifs is 3. The molecule has 120 valence electrons. The normalized spacial score (nSPS) is 12.0. The van der Waals surface area contributed by atoms with Crippen LogP contribution in [0.15, 0.2) is 40.8 Å². The first-order valence-corrected chi connectivity index (χ1v) is 7.07. The van der Waals surface area contributed by atoms with Gasteiger partial charge < -0.3 is 9.15 Å². The predicted molar refractivity (Wildman–Crippen MR) is 79.1 cm³/mol. The summed E-state index contributed by atoms with van der Waals surface area (Å²) in [6, 6.07) is 8.38. The van der Waals surface area contributed by atoms with Crippen molar-refractivity contribution < 1.29 is 27.1 Å². The summed E-state index contributed by atoms with van der Waals surface area (Å²) in [6.45, 7) is 1.94. The minimum atomic E-state index is -4.44. The molecule has 23 heavy (non-hydrogen) atoms.